The lowest BCUT2D eigenvalue weighted by Gasteiger charge is -2.21. The summed E-state index contributed by atoms with van der Waals surface area (Å²) >= 11 is 0. The van der Waals surface area contributed by atoms with Crippen LogP contribution in [-0.4, -0.2) is 7.05 Å². The molecule has 0 radical (unpaired) electrons. The number of rotatable bonds is 3. The number of alkyl halides is 3. The average molecular weight is 295 g/mol. The summed E-state index contributed by atoms with van der Waals surface area (Å²) in [6, 6.07) is 5.94. The zero-order valence-corrected chi connectivity index (χ0v) is 12.0. The van der Waals surface area contributed by atoms with E-state index in [0.717, 1.165) is 35.3 Å². The van der Waals surface area contributed by atoms with Crippen molar-refractivity contribution in [2.45, 2.75) is 31.5 Å². The third-order valence-corrected chi connectivity index (χ3v) is 6.06. The molecular weight excluding hydrogens is 275 g/mol. The Kier molecular flexibility index (Phi) is 2.91. The minimum Gasteiger partial charge on any atom is -0.313 e. The Labute approximate surface area is 122 Å². The van der Waals surface area contributed by atoms with Crippen molar-refractivity contribution in [2.24, 2.45) is 29.6 Å². The number of benzene rings is 1. The molecule has 0 spiro atoms. The van der Waals surface area contributed by atoms with Gasteiger partial charge < -0.3 is 5.32 Å². The lowest BCUT2D eigenvalue weighted by atomic mass is 9.92. The summed E-state index contributed by atoms with van der Waals surface area (Å²) in [4.78, 5) is 0. The Morgan fingerprint density at radius 3 is 2.38 bits per heavy atom. The molecule has 2 bridgehead atoms. The van der Waals surface area contributed by atoms with Gasteiger partial charge in [0.05, 0.1) is 5.56 Å². The van der Waals surface area contributed by atoms with Crippen LogP contribution in [0.3, 0.4) is 0 Å². The van der Waals surface area contributed by atoms with Gasteiger partial charge in [-0.1, -0.05) is 12.1 Å². The fourth-order valence-corrected chi connectivity index (χ4v) is 5.33. The van der Waals surface area contributed by atoms with Crippen molar-refractivity contribution in [1.29, 1.82) is 0 Å². The quantitative estimate of drug-likeness (QED) is 0.878. The van der Waals surface area contributed by atoms with E-state index >= 15 is 0 Å². The molecule has 0 amide bonds. The third-order valence-electron chi connectivity index (χ3n) is 6.06. The van der Waals surface area contributed by atoms with Gasteiger partial charge in [0.2, 0.25) is 0 Å². The molecule has 114 valence electrons. The summed E-state index contributed by atoms with van der Waals surface area (Å²) in [5.41, 5.74) is 0.264. The van der Waals surface area contributed by atoms with Crippen molar-refractivity contribution in [2.75, 3.05) is 7.05 Å². The van der Waals surface area contributed by atoms with Gasteiger partial charge in [0.25, 0.3) is 0 Å². The van der Waals surface area contributed by atoms with Gasteiger partial charge in [-0.15, -0.1) is 0 Å². The molecule has 1 aromatic rings. The highest BCUT2D eigenvalue weighted by Crippen LogP contribution is 2.72. The fraction of sp³-hybridized carbons (Fsp3) is 0.647. The molecule has 5 unspecified atom stereocenters. The van der Waals surface area contributed by atoms with Gasteiger partial charge in [-0.2, -0.15) is 13.2 Å². The zero-order valence-electron chi connectivity index (χ0n) is 12.0. The molecule has 3 saturated carbocycles. The first-order valence-corrected chi connectivity index (χ1v) is 7.85. The summed E-state index contributed by atoms with van der Waals surface area (Å²) in [5, 5.41) is 3.29. The molecule has 21 heavy (non-hydrogen) atoms. The molecule has 5 atom stereocenters. The molecule has 4 heteroatoms. The van der Waals surface area contributed by atoms with Crippen molar-refractivity contribution >= 4 is 0 Å². The highest BCUT2D eigenvalue weighted by Gasteiger charge is 2.66. The number of hydrogen-bond acceptors (Lipinski definition) is 1. The second-order valence-electron chi connectivity index (χ2n) is 6.95. The number of hydrogen-bond donors (Lipinski definition) is 1. The maximum Gasteiger partial charge on any atom is 0.416 e. The van der Waals surface area contributed by atoms with Crippen LogP contribution in [0.25, 0.3) is 0 Å². The van der Waals surface area contributed by atoms with E-state index in [-0.39, 0.29) is 6.04 Å². The van der Waals surface area contributed by atoms with Gasteiger partial charge in [-0.3, -0.25) is 0 Å². The van der Waals surface area contributed by atoms with Crippen molar-refractivity contribution < 1.29 is 13.2 Å². The molecule has 1 aromatic carbocycles. The first kappa shape index (κ1) is 13.6. The zero-order chi connectivity index (χ0) is 14.8. The van der Waals surface area contributed by atoms with Gasteiger partial charge in [0.1, 0.15) is 0 Å². The van der Waals surface area contributed by atoms with Gasteiger partial charge in [0.15, 0.2) is 0 Å². The molecular formula is C17H20F3N. The molecule has 3 aliphatic carbocycles. The van der Waals surface area contributed by atoms with E-state index in [4.69, 9.17) is 0 Å². The molecule has 3 fully saturated rings. The largest absolute Gasteiger partial charge is 0.416 e. The van der Waals surface area contributed by atoms with E-state index in [0.29, 0.717) is 5.92 Å². The number of halogens is 3. The summed E-state index contributed by atoms with van der Waals surface area (Å²) in [6.07, 6.45) is -0.222. The summed E-state index contributed by atoms with van der Waals surface area (Å²) in [7, 11) is 1.88. The monoisotopic (exact) mass is 295 g/mol. The van der Waals surface area contributed by atoms with Crippen molar-refractivity contribution in [3.05, 3.63) is 35.4 Å². The van der Waals surface area contributed by atoms with E-state index in [1.165, 1.54) is 31.4 Å². The van der Waals surface area contributed by atoms with Crippen LogP contribution in [0.15, 0.2) is 24.3 Å². The normalized spacial score (nSPS) is 38.4. The highest BCUT2D eigenvalue weighted by molar-refractivity contribution is 5.31. The molecule has 4 rings (SSSR count). The second-order valence-corrected chi connectivity index (χ2v) is 6.95. The maximum atomic E-state index is 12.9. The Morgan fingerprint density at radius 2 is 1.81 bits per heavy atom. The van der Waals surface area contributed by atoms with Crippen LogP contribution in [0.1, 0.15) is 36.4 Å². The Morgan fingerprint density at radius 1 is 1.14 bits per heavy atom. The van der Waals surface area contributed by atoms with E-state index in [1.807, 2.05) is 13.1 Å². The van der Waals surface area contributed by atoms with E-state index in [1.54, 1.807) is 0 Å². The van der Waals surface area contributed by atoms with Crippen LogP contribution in [0.4, 0.5) is 13.2 Å². The molecule has 0 heterocycles. The van der Waals surface area contributed by atoms with Crippen molar-refractivity contribution in [1.82, 2.24) is 5.32 Å². The highest BCUT2D eigenvalue weighted by atomic mass is 19.4. The number of nitrogens with one attached hydrogen (secondary N) is 1. The fourth-order valence-electron chi connectivity index (χ4n) is 5.33. The van der Waals surface area contributed by atoms with Crippen molar-refractivity contribution in [3.63, 3.8) is 0 Å². The molecule has 0 saturated heterocycles. The van der Waals surface area contributed by atoms with Crippen molar-refractivity contribution in [3.8, 4) is 0 Å². The van der Waals surface area contributed by atoms with Gasteiger partial charge in [-0.25, -0.2) is 0 Å². The summed E-state index contributed by atoms with van der Waals surface area (Å²) in [6.45, 7) is 0. The topological polar surface area (TPSA) is 12.0 Å². The Balaban J connectivity index is 1.60. The second kappa shape index (κ2) is 4.48. The minimum atomic E-state index is -4.26. The lowest BCUT2D eigenvalue weighted by molar-refractivity contribution is -0.137. The predicted molar refractivity (Wildman–Crippen MR) is 74.5 cm³/mol. The first-order chi connectivity index (χ1) is 10.0. The predicted octanol–water partition coefficient (Wildman–Crippen LogP) is 4.26. The minimum absolute atomic E-state index is 0.0747. The van der Waals surface area contributed by atoms with Gasteiger partial charge >= 0.3 is 6.18 Å². The smallest absolute Gasteiger partial charge is 0.313 e. The third kappa shape index (κ3) is 2.02. The van der Waals surface area contributed by atoms with Crippen LogP contribution < -0.4 is 5.32 Å². The van der Waals surface area contributed by atoms with Gasteiger partial charge in [-0.05, 0) is 73.6 Å². The van der Waals surface area contributed by atoms with E-state index < -0.39 is 11.7 Å². The molecule has 0 aliphatic heterocycles. The van der Waals surface area contributed by atoms with Crippen LogP contribution in [-0.2, 0) is 6.18 Å². The Hall–Kier alpha value is -1.03. The summed E-state index contributed by atoms with van der Waals surface area (Å²) < 4.78 is 38.7. The summed E-state index contributed by atoms with van der Waals surface area (Å²) in [5.74, 6) is 3.74. The Bertz CT molecular complexity index is 537. The van der Waals surface area contributed by atoms with E-state index in [2.05, 4.69) is 5.32 Å². The molecule has 0 aromatic heterocycles. The van der Waals surface area contributed by atoms with Gasteiger partial charge in [0, 0.05) is 6.04 Å². The molecule has 1 N–H and O–H groups in total. The van der Waals surface area contributed by atoms with Crippen LogP contribution >= 0.6 is 0 Å². The molecule has 3 aliphatic rings. The molecule has 1 nitrogen and oxygen atoms in total. The van der Waals surface area contributed by atoms with Crippen LogP contribution in [0.2, 0.25) is 0 Å². The standard InChI is InChI=1S/C17H20F3N/c1-21-16(11-3-2-4-12(8-11)17(18,19)20)15-13-9-5-6-10(7-9)14(13)15/h2-4,8-10,13-16,21H,5-7H2,1H3. The number of fused-ring (bicyclic) bond motifs is 5. The maximum absolute atomic E-state index is 12.9. The average Bonchev–Trinajstić information content (AvgIpc) is 2.87. The SMILES string of the molecule is CNC(c1cccc(C(F)(F)F)c1)C1C2C3CCC(C3)C21. The first-order valence-electron chi connectivity index (χ1n) is 7.85. The lowest BCUT2D eigenvalue weighted by Crippen LogP contribution is -2.22. The van der Waals surface area contributed by atoms with Crippen LogP contribution in [0, 0.1) is 29.6 Å². The van der Waals surface area contributed by atoms with E-state index in [9.17, 15) is 13.2 Å². The van der Waals surface area contributed by atoms with Crippen LogP contribution in [0.5, 0.6) is 0 Å².